The van der Waals surface area contributed by atoms with Crippen LogP contribution in [0.1, 0.15) is 0 Å². The fourth-order valence-corrected chi connectivity index (χ4v) is 2.84. The second-order valence-electron chi connectivity index (χ2n) is 5.12. The number of benzene rings is 3. The molecule has 3 aromatic carbocycles. The van der Waals surface area contributed by atoms with Gasteiger partial charge in [-0.1, -0.05) is 60.1 Å². The summed E-state index contributed by atoms with van der Waals surface area (Å²) in [6, 6.07) is 26.2. The van der Waals surface area contributed by atoms with Crippen molar-refractivity contribution in [2.75, 3.05) is 0 Å². The Morgan fingerprint density at radius 3 is 2.18 bits per heavy atom. The predicted molar refractivity (Wildman–Crippen MR) is 91.5 cm³/mol. The van der Waals surface area contributed by atoms with Gasteiger partial charge in [-0.25, -0.2) is 4.68 Å². The first-order valence-electron chi connectivity index (χ1n) is 7.12. The van der Waals surface area contributed by atoms with E-state index >= 15 is 0 Å². The number of halogens is 1. The summed E-state index contributed by atoms with van der Waals surface area (Å²) in [6.07, 6.45) is 0. The lowest BCUT2D eigenvalue weighted by molar-refractivity contribution is 0.915. The molecule has 0 spiro atoms. The molecule has 0 fully saturated rings. The first-order chi connectivity index (χ1) is 10.8. The van der Waals surface area contributed by atoms with Gasteiger partial charge in [-0.3, -0.25) is 0 Å². The Morgan fingerprint density at radius 2 is 1.45 bits per heavy atom. The standard InChI is InChI=1S/C19H13ClN2/c20-15-11-12-18-17(13-15)19(14-7-3-1-4-8-14)21-22(18)16-9-5-2-6-10-16/h1-13H. The summed E-state index contributed by atoms with van der Waals surface area (Å²) in [5, 5.41) is 6.61. The molecule has 0 aliphatic rings. The highest BCUT2D eigenvalue weighted by molar-refractivity contribution is 6.31. The summed E-state index contributed by atoms with van der Waals surface area (Å²) in [5.74, 6) is 0. The van der Waals surface area contributed by atoms with Crippen LogP contribution in [0.25, 0.3) is 27.8 Å². The average molecular weight is 305 g/mol. The molecule has 4 rings (SSSR count). The normalized spacial score (nSPS) is 11.0. The molecule has 0 atom stereocenters. The molecule has 22 heavy (non-hydrogen) atoms. The number of hydrogen-bond donors (Lipinski definition) is 0. The van der Waals surface area contributed by atoms with Crippen LogP contribution in [-0.2, 0) is 0 Å². The molecule has 0 N–H and O–H groups in total. The summed E-state index contributed by atoms with van der Waals surface area (Å²) in [5.41, 5.74) is 4.12. The maximum Gasteiger partial charge on any atom is 0.101 e. The Hall–Kier alpha value is -2.58. The van der Waals surface area contributed by atoms with Crippen molar-refractivity contribution in [2.24, 2.45) is 0 Å². The van der Waals surface area contributed by atoms with Crippen molar-refractivity contribution < 1.29 is 0 Å². The quantitative estimate of drug-likeness (QED) is 0.488. The van der Waals surface area contributed by atoms with E-state index in [1.54, 1.807) is 0 Å². The third-order valence-electron chi connectivity index (χ3n) is 3.69. The Morgan fingerprint density at radius 1 is 0.773 bits per heavy atom. The van der Waals surface area contributed by atoms with Crippen LogP contribution in [0.4, 0.5) is 0 Å². The summed E-state index contributed by atoms with van der Waals surface area (Å²) < 4.78 is 1.97. The fourth-order valence-electron chi connectivity index (χ4n) is 2.67. The second-order valence-corrected chi connectivity index (χ2v) is 5.56. The van der Waals surface area contributed by atoms with Crippen LogP contribution >= 0.6 is 11.6 Å². The molecule has 0 radical (unpaired) electrons. The van der Waals surface area contributed by atoms with Crippen molar-refractivity contribution in [2.45, 2.75) is 0 Å². The van der Waals surface area contributed by atoms with E-state index in [1.807, 2.05) is 59.3 Å². The molecular weight excluding hydrogens is 292 g/mol. The third-order valence-corrected chi connectivity index (χ3v) is 3.92. The van der Waals surface area contributed by atoms with E-state index in [4.69, 9.17) is 16.7 Å². The van der Waals surface area contributed by atoms with Crippen LogP contribution in [0.15, 0.2) is 78.9 Å². The largest absolute Gasteiger partial charge is 0.232 e. The topological polar surface area (TPSA) is 17.8 Å². The number of aromatic nitrogens is 2. The van der Waals surface area contributed by atoms with Gasteiger partial charge in [0.05, 0.1) is 11.2 Å². The van der Waals surface area contributed by atoms with Gasteiger partial charge < -0.3 is 0 Å². The zero-order valence-corrected chi connectivity index (χ0v) is 12.5. The number of nitrogens with zero attached hydrogens (tertiary/aromatic N) is 2. The molecule has 2 nitrogen and oxygen atoms in total. The Bertz CT molecular complexity index is 928. The molecular formula is C19H13ClN2. The SMILES string of the molecule is Clc1ccc2c(c1)c(-c1ccccc1)nn2-c1ccccc1. The van der Waals surface area contributed by atoms with E-state index in [2.05, 4.69) is 24.3 Å². The summed E-state index contributed by atoms with van der Waals surface area (Å²) >= 11 is 6.20. The Labute approximate surface area is 133 Å². The van der Waals surface area contributed by atoms with E-state index in [0.717, 1.165) is 32.9 Å². The molecule has 0 aliphatic heterocycles. The highest BCUT2D eigenvalue weighted by Crippen LogP contribution is 2.31. The van der Waals surface area contributed by atoms with E-state index in [0.29, 0.717) is 0 Å². The van der Waals surface area contributed by atoms with Crippen LogP contribution in [0, 0.1) is 0 Å². The number of rotatable bonds is 2. The molecule has 0 unspecified atom stereocenters. The van der Waals surface area contributed by atoms with Crippen molar-refractivity contribution in [1.29, 1.82) is 0 Å². The summed E-state index contributed by atoms with van der Waals surface area (Å²) in [6.45, 7) is 0. The minimum Gasteiger partial charge on any atom is -0.232 e. The van der Waals surface area contributed by atoms with Gasteiger partial charge in [-0.15, -0.1) is 0 Å². The van der Waals surface area contributed by atoms with Crippen molar-refractivity contribution in [3.63, 3.8) is 0 Å². The lowest BCUT2D eigenvalue weighted by atomic mass is 10.1. The lowest BCUT2D eigenvalue weighted by Crippen LogP contribution is -1.95. The predicted octanol–water partition coefficient (Wildman–Crippen LogP) is 5.35. The van der Waals surface area contributed by atoms with Crippen LogP contribution < -0.4 is 0 Å². The minimum atomic E-state index is 0.720. The van der Waals surface area contributed by atoms with Crippen molar-refractivity contribution in [1.82, 2.24) is 9.78 Å². The maximum absolute atomic E-state index is 6.20. The van der Waals surface area contributed by atoms with E-state index in [-0.39, 0.29) is 0 Å². The van der Waals surface area contributed by atoms with Gasteiger partial charge in [-0.05, 0) is 30.3 Å². The maximum atomic E-state index is 6.20. The van der Waals surface area contributed by atoms with Gasteiger partial charge in [-0.2, -0.15) is 5.10 Å². The van der Waals surface area contributed by atoms with Crippen LogP contribution in [0.2, 0.25) is 5.02 Å². The molecule has 0 bridgehead atoms. The first kappa shape index (κ1) is 13.1. The molecule has 0 aliphatic carbocycles. The van der Waals surface area contributed by atoms with Gasteiger partial charge in [0.1, 0.15) is 5.69 Å². The van der Waals surface area contributed by atoms with E-state index in [1.165, 1.54) is 0 Å². The molecule has 1 heterocycles. The van der Waals surface area contributed by atoms with Crippen LogP contribution in [0.3, 0.4) is 0 Å². The summed E-state index contributed by atoms with van der Waals surface area (Å²) in [7, 11) is 0. The third kappa shape index (κ3) is 2.18. The van der Waals surface area contributed by atoms with Gasteiger partial charge in [0.25, 0.3) is 0 Å². The smallest absolute Gasteiger partial charge is 0.101 e. The first-order valence-corrected chi connectivity index (χ1v) is 7.50. The second kappa shape index (κ2) is 5.32. The fraction of sp³-hybridized carbons (Fsp3) is 0. The molecule has 4 aromatic rings. The molecule has 3 heteroatoms. The van der Waals surface area contributed by atoms with Crippen LogP contribution in [-0.4, -0.2) is 9.78 Å². The number of fused-ring (bicyclic) bond motifs is 1. The highest BCUT2D eigenvalue weighted by Gasteiger charge is 2.13. The van der Waals surface area contributed by atoms with Gasteiger partial charge in [0.15, 0.2) is 0 Å². The Kier molecular flexibility index (Phi) is 3.17. The van der Waals surface area contributed by atoms with Crippen molar-refractivity contribution in [3.8, 4) is 16.9 Å². The monoisotopic (exact) mass is 304 g/mol. The summed E-state index contributed by atoms with van der Waals surface area (Å²) in [4.78, 5) is 0. The van der Waals surface area contributed by atoms with Gasteiger partial charge >= 0.3 is 0 Å². The number of hydrogen-bond acceptors (Lipinski definition) is 1. The zero-order valence-electron chi connectivity index (χ0n) is 11.8. The van der Waals surface area contributed by atoms with E-state index in [9.17, 15) is 0 Å². The van der Waals surface area contributed by atoms with Crippen molar-refractivity contribution in [3.05, 3.63) is 83.9 Å². The lowest BCUT2D eigenvalue weighted by Gasteiger charge is -2.02. The zero-order chi connectivity index (χ0) is 14.9. The van der Waals surface area contributed by atoms with Gasteiger partial charge in [0, 0.05) is 16.0 Å². The highest BCUT2D eigenvalue weighted by atomic mass is 35.5. The molecule has 0 amide bonds. The minimum absolute atomic E-state index is 0.720. The molecule has 106 valence electrons. The van der Waals surface area contributed by atoms with Gasteiger partial charge in [0.2, 0.25) is 0 Å². The molecule has 0 saturated carbocycles. The molecule has 0 saturated heterocycles. The molecule has 1 aromatic heterocycles. The Balaban J connectivity index is 2.04. The number of para-hydroxylation sites is 1. The average Bonchev–Trinajstić information content (AvgIpc) is 2.95. The van der Waals surface area contributed by atoms with Crippen LogP contribution in [0.5, 0.6) is 0 Å². The van der Waals surface area contributed by atoms with Crippen molar-refractivity contribution >= 4 is 22.5 Å². The van der Waals surface area contributed by atoms with E-state index < -0.39 is 0 Å².